The highest BCUT2D eigenvalue weighted by atomic mass is 35.5. The van der Waals surface area contributed by atoms with Crippen LogP contribution in [-0.4, -0.2) is 48.8 Å². The Morgan fingerprint density at radius 3 is 2.32 bits per heavy atom. The van der Waals surface area contributed by atoms with Crippen LogP contribution in [0.15, 0.2) is 64.9 Å². The van der Waals surface area contributed by atoms with Crippen LogP contribution in [-0.2, 0) is 16.6 Å². The molecule has 146 valence electrons. The molecule has 0 atom stereocenters. The Labute approximate surface area is 174 Å². The monoisotopic (exact) mass is 433 g/mol. The Morgan fingerprint density at radius 1 is 0.964 bits per heavy atom. The van der Waals surface area contributed by atoms with E-state index in [2.05, 4.69) is 22.4 Å². The fourth-order valence-corrected chi connectivity index (χ4v) is 5.59. The van der Waals surface area contributed by atoms with Crippen molar-refractivity contribution in [2.24, 2.45) is 0 Å². The zero-order valence-electron chi connectivity index (χ0n) is 15.2. The zero-order chi connectivity index (χ0) is 19.6. The van der Waals surface area contributed by atoms with E-state index in [0.29, 0.717) is 31.2 Å². The van der Waals surface area contributed by atoms with Crippen molar-refractivity contribution in [3.8, 4) is 11.3 Å². The van der Waals surface area contributed by atoms with Crippen molar-refractivity contribution in [1.29, 1.82) is 0 Å². The van der Waals surface area contributed by atoms with E-state index in [1.165, 1.54) is 0 Å². The summed E-state index contributed by atoms with van der Waals surface area (Å²) in [5, 5.41) is 3.65. The summed E-state index contributed by atoms with van der Waals surface area (Å²) in [6.07, 6.45) is 0. The topological polar surface area (TPSA) is 53.5 Å². The standard InChI is InChI=1S/C20H20ClN3O2S2/c21-17-6-8-18(9-7-17)28(25,26)24-12-10-23(11-13-24)14-20-22-19(15-27-20)16-4-2-1-3-5-16/h1-9,15H,10-14H2. The minimum atomic E-state index is -3.47. The molecule has 0 aliphatic carbocycles. The van der Waals surface area contributed by atoms with Gasteiger partial charge in [-0.1, -0.05) is 41.9 Å². The molecule has 3 aromatic rings. The highest BCUT2D eigenvalue weighted by molar-refractivity contribution is 7.89. The Kier molecular flexibility index (Phi) is 5.80. The number of thiazole rings is 1. The lowest BCUT2D eigenvalue weighted by Crippen LogP contribution is -2.48. The van der Waals surface area contributed by atoms with Crippen LogP contribution in [0.25, 0.3) is 11.3 Å². The molecule has 1 fully saturated rings. The van der Waals surface area contributed by atoms with E-state index < -0.39 is 10.0 Å². The average molecular weight is 434 g/mol. The second kappa shape index (κ2) is 8.31. The quantitative estimate of drug-likeness (QED) is 0.611. The Balaban J connectivity index is 1.37. The van der Waals surface area contributed by atoms with E-state index in [1.54, 1.807) is 39.9 Å². The van der Waals surface area contributed by atoms with Gasteiger partial charge in [-0.3, -0.25) is 4.90 Å². The van der Waals surface area contributed by atoms with Crippen LogP contribution >= 0.6 is 22.9 Å². The van der Waals surface area contributed by atoms with Crippen molar-refractivity contribution in [2.75, 3.05) is 26.2 Å². The molecule has 0 N–H and O–H groups in total. The molecule has 4 rings (SSSR count). The molecule has 0 amide bonds. The SMILES string of the molecule is O=S(=O)(c1ccc(Cl)cc1)N1CCN(Cc2nc(-c3ccccc3)cs2)CC1. The van der Waals surface area contributed by atoms with Gasteiger partial charge < -0.3 is 0 Å². The Bertz CT molecular complexity index is 1030. The number of halogens is 1. The van der Waals surface area contributed by atoms with E-state index in [0.717, 1.165) is 22.8 Å². The first-order valence-corrected chi connectivity index (χ1v) is 11.7. The maximum absolute atomic E-state index is 12.8. The van der Waals surface area contributed by atoms with Crippen LogP contribution in [0.5, 0.6) is 0 Å². The van der Waals surface area contributed by atoms with Crippen molar-refractivity contribution in [1.82, 2.24) is 14.2 Å². The summed E-state index contributed by atoms with van der Waals surface area (Å²) in [7, 11) is -3.47. The van der Waals surface area contributed by atoms with Gasteiger partial charge in [0.25, 0.3) is 0 Å². The minimum Gasteiger partial charge on any atom is -0.294 e. The maximum Gasteiger partial charge on any atom is 0.243 e. The molecule has 1 saturated heterocycles. The van der Waals surface area contributed by atoms with Gasteiger partial charge >= 0.3 is 0 Å². The number of hydrogen-bond donors (Lipinski definition) is 0. The smallest absolute Gasteiger partial charge is 0.243 e. The van der Waals surface area contributed by atoms with Crippen molar-refractivity contribution >= 4 is 33.0 Å². The van der Waals surface area contributed by atoms with Gasteiger partial charge in [0.2, 0.25) is 10.0 Å². The highest BCUT2D eigenvalue weighted by Crippen LogP contribution is 2.24. The van der Waals surface area contributed by atoms with Crippen LogP contribution in [0, 0.1) is 0 Å². The van der Waals surface area contributed by atoms with Crippen molar-refractivity contribution in [2.45, 2.75) is 11.4 Å². The normalized spacial score (nSPS) is 16.3. The van der Waals surface area contributed by atoms with Gasteiger partial charge in [-0.25, -0.2) is 13.4 Å². The van der Waals surface area contributed by atoms with E-state index in [1.807, 2.05) is 18.2 Å². The third kappa shape index (κ3) is 4.29. The van der Waals surface area contributed by atoms with Gasteiger partial charge in [0.1, 0.15) is 5.01 Å². The third-order valence-electron chi connectivity index (χ3n) is 4.76. The van der Waals surface area contributed by atoms with Crippen molar-refractivity contribution in [3.63, 3.8) is 0 Å². The molecule has 28 heavy (non-hydrogen) atoms. The van der Waals surface area contributed by atoms with Crippen molar-refractivity contribution in [3.05, 3.63) is 70.0 Å². The molecule has 8 heteroatoms. The Morgan fingerprint density at radius 2 is 1.64 bits per heavy atom. The molecule has 5 nitrogen and oxygen atoms in total. The Hall–Kier alpha value is -1.77. The molecule has 2 aromatic carbocycles. The molecule has 0 bridgehead atoms. The second-order valence-corrected chi connectivity index (χ2v) is 9.94. The lowest BCUT2D eigenvalue weighted by molar-refractivity contribution is 0.181. The first-order chi connectivity index (χ1) is 13.5. The molecular formula is C20H20ClN3O2S2. The van der Waals surface area contributed by atoms with Gasteiger partial charge in [-0.15, -0.1) is 11.3 Å². The van der Waals surface area contributed by atoms with Gasteiger partial charge in [0.15, 0.2) is 0 Å². The van der Waals surface area contributed by atoms with Crippen LogP contribution in [0.2, 0.25) is 5.02 Å². The van der Waals surface area contributed by atoms with Gasteiger partial charge in [-0.05, 0) is 24.3 Å². The van der Waals surface area contributed by atoms with Gasteiger partial charge in [0, 0.05) is 42.1 Å². The minimum absolute atomic E-state index is 0.290. The van der Waals surface area contributed by atoms with E-state index in [9.17, 15) is 8.42 Å². The van der Waals surface area contributed by atoms with E-state index >= 15 is 0 Å². The average Bonchev–Trinajstić information content (AvgIpc) is 3.18. The fourth-order valence-electron chi connectivity index (χ4n) is 3.20. The number of hydrogen-bond acceptors (Lipinski definition) is 5. The maximum atomic E-state index is 12.8. The molecule has 0 radical (unpaired) electrons. The molecule has 1 aromatic heterocycles. The largest absolute Gasteiger partial charge is 0.294 e. The van der Waals surface area contributed by atoms with Gasteiger partial charge in [-0.2, -0.15) is 4.31 Å². The van der Waals surface area contributed by atoms with Crippen LogP contribution in [0.4, 0.5) is 0 Å². The molecule has 0 saturated carbocycles. The lowest BCUT2D eigenvalue weighted by Gasteiger charge is -2.33. The first-order valence-electron chi connectivity index (χ1n) is 9.00. The number of aromatic nitrogens is 1. The summed E-state index contributed by atoms with van der Waals surface area (Å²) in [4.78, 5) is 7.27. The summed E-state index contributed by atoms with van der Waals surface area (Å²) >= 11 is 7.51. The molecule has 0 unspecified atom stereocenters. The lowest BCUT2D eigenvalue weighted by atomic mass is 10.2. The van der Waals surface area contributed by atoms with Crippen LogP contribution in [0.3, 0.4) is 0 Å². The predicted molar refractivity (Wildman–Crippen MR) is 113 cm³/mol. The number of benzene rings is 2. The first kappa shape index (κ1) is 19.5. The zero-order valence-corrected chi connectivity index (χ0v) is 17.6. The van der Waals surface area contributed by atoms with E-state index in [4.69, 9.17) is 16.6 Å². The molecule has 0 spiro atoms. The van der Waals surface area contributed by atoms with Crippen molar-refractivity contribution < 1.29 is 8.42 Å². The highest BCUT2D eigenvalue weighted by Gasteiger charge is 2.28. The third-order valence-corrected chi connectivity index (χ3v) is 7.76. The number of piperazine rings is 1. The number of sulfonamides is 1. The van der Waals surface area contributed by atoms with Crippen LogP contribution < -0.4 is 0 Å². The molecule has 2 heterocycles. The second-order valence-electron chi connectivity index (χ2n) is 6.63. The summed E-state index contributed by atoms with van der Waals surface area (Å²) in [6, 6.07) is 16.5. The van der Waals surface area contributed by atoms with Gasteiger partial charge in [0.05, 0.1) is 17.1 Å². The van der Waals surface area contributed by atoms with Crippen LogP contribution in [0.1, 0.15) is 5.01 Å². The molecule has 1 aliphatic rings. The fraction of sp³-hybridized carbons (Fsp3) is 0.250. The summed E-state index contributed by atoms with van der Waals surface area (Å²) < 4.78 is 27.1. The summed E-state index contributed by atoms with van der Waals surface area (Å²) in [5.41, 5.74) is 2.11. The van der Waals surface area contributed by atoms with E-state index in [-0.39, 0.29) is 4.90 Å². The number of rotatable bonds is 5. The predicted octanol–water partition coefficient (Wildman–Crippen LogP) is 3.97. The number of nitrogens with zero attached hydrogens (tertiary/aromatic N) is 3. The summed E-state index contributed by atoms with van der Waals surface area (Å²) in [6.45, 7) is 3.07. The summed E-state index contributed by atoms with van der Waals surface area (Å²) in [5.74, 6) is 0. The molecular weight excluding hydrogens is 414 g/mol. The molecule has 1 aliphatic heterocycles.